The highest BCUT2D eigenvalue weighted by Gasteiger charge is 2.01. The first-order valence-corrected chi connectivity index (χ1v) is 5.15. The summed E-state index contributed by atoms with van der Waals surface area (Å²) in [5.41, 5.74) is 1.38. The van der Waals surface area contributed by atoms with Gasteiger partial charge in [-0.15, -0.1) is 0 Å². The first-order chi connectivity index (χ1) is 6.27. The molecule has 0 aliphatic rings. The molecular formula is C11H20N2. The van der Waals surface area contributed by atoms with Crippen molar-refractivity contribution in [1.82, 2.24) is 9.88 Å². The van der Waals surface area contributed by atoms with Crippen LogP contribution in [0.25, 0.3) is 0 Å². The average Bonchev–Trinajstić information content (AvgIpc) is 2.62. The largest absolute Gasteiger partial charge is 0.351 e. The lowest BCUT2D eigenvalue weighted by molar-refractivity contribution is 0.531. The number of hydrogen-bond donors (Lipinski definition) is 1. The predicted molar refractivity (Wildman–Crippen MR) is 56.8 cm³/mol. The summed E-state index contributed by atoms with van der Waals surface area (Å²) in [5, 5.41) is 3.32. The van der Waals surface area contributed by atoms with Gasteiger partial charge in [0.05, 0.1) is 0 Å². The summed E-state index contributed by atoms with van der Waals surface area (Å²) in [7, 11) is 0. The third-order valence-electron chi connectivity index (χ3n) is 2.45. The minimum atomic E-state index is 0.621. The van der Waals surface area contributed by atoms with Crippen molar-refractivity contribution in [3.63, 3.8) is 0 Å². The molecule has 0 saturated carbocycles. The Balaban J connectivity index is 2.53. The van der Waals surface area contributed by atoms with Crippen LogP contribution < -0.4 is 5.32 Å². The molecule has 0 aromatic carbocycles. The summed E-state index contributed by atoms with van der Waals surface area (Å²) < 4.78 is 2.28. The molecule has 1 heterocycles. The molecule has 0 saturated heterocycles. The molecule has 0 amide bonds. The van der Waals surface area contributed by atoms with Gasteiger partial charge in [0.2, 0.25) is 0 Å². The Morgan fingerprint density at radius 1 is 1.46 bits per heavy atom. The van der Waals surface area contributed by atoms with Crippen molar-refractivity contribution < 1.29 is 0 Å². The highest BCUT2D eigenvalue weighted by atomic mass is 15.0. The number of nitrogens with one attached hydrogen (secondary N) is 1. The minimum Gasteiger partial charge on any atom is -0.351 e. The van der Waals surface area contributed by atoms with Crippen LogP contribution in [0.15, 0.2) is 18.5 Å². The topological polar surface area (TPSA) is 17.0 Å². The Bertz CT molecular complexity index is 240. The van der Waals surface area contributed by atoms with Gasteiger partial charge in [-0.05, 0) is 31.5 Å². The fourth-order valence-corrected chi connectivity index (χ4v) is 1.32. The van der Waals surface area contributed by atoms with Crippen LogP contribution >= 0.6 is 0 Å². The summed E-state index contributed by atoms with van der Waals surface area (Å²) in [4.78, 5) is 0. The van der Waals surface area contributed by atoms with Crippen LogP contribution in [-0.4, -0.2) is 11.1 Å². The second-order valence-electron chi connectivity index (χ2n) is 3.50. The quantitative estimate of drug-likeness (QED) is 0.737. The second kappa shape index (κ2) is 5.07. The Labute approximate surface area is 81.0 Å². The van der Waals surface area contributed by atoms with Crippen LogP contribution in [0.4, 0.5) is 0 Å². The molecule has 0 bridgehead atoms. The van der Waals surface area contributed by atoms with Crippen LogP contribution in [0.5, 0.6) is 0 Å². The van der Waals surface area contributed by atoms with Crippen molar-refractivity contribution in [3.05, 3.63) is 24.0 Å². The summed E-state index contributed by atoms with van der Waals surface area (Å²) in [6.45, 7) is 8.62. The SMILES string of the molecule is CCNCc1ccn([C@@H](C)CC)c1. The van der Waals surface area contributed by atoms with E-state index in [4.69, 9.17) is 0 Å². The van der Waals surface area contributed by atoms with E-state index in [0.29, 0.717) is 6.04 Å². The van der Waals surface area contributed by atoms with Crippen LogP contribution in [0.2, 0.25) is 0 Å². The predicted octanol–water partition coefficient (Wildman–Crippen LogP) is 2.57. The van der Waals surface area contributed by atoms with Crippen LogP contribution in [0.3, 0.4) is 0 Å². The second-order valence-corrected chi connectivity index (χ2v) is 3.50. The molecule has 0 radical (unpaired) electrons. The Hall–Kier alpha value is -0.760. The Morgan fingerprint density at radius 2 is 2.23 bits per heavy atom. The zero-order chi connectivity index (χ0) is 9.68. The molecule has 0 aliphatic carbocycles. The molecule has 1 N–H and O–H groups in total. The lowest BCUT2D eigenvalue weighted by Gasteiger charge is -2.09. The van der Waals surface area contributed by atoms with E-state index in [1.165, 1.54) is 12.0 Å². The van der Waals surface area contributed by atoms with Crippen LogP contribution in [-0.2, 0) is 6.54 Å². The van der Waals surface area contributed by atoms with Crippen molar-refractivity contribution in [3.8, 4) is 0 Å². The summed E-state index contributed by atoms with van der Waals surface area (Å²) in [6.07, 6.45) is 5.59. The summed E-state index contributed by atoms with van der Waals surface area (Å²) in [6, 6.07) is 2.81. The van der Waals surface area contributed by atoms with E-state index in [1.807, 2.05) is 0 Å². The van der Waals surface area contributed by atoms with Gasteiger partial charge in [-0.3, -0.25) is 0 Å². The third kappa shape index (κ3) is 2.88. The van der Waals surface area contributed by atoms with Crippen LogP contribution in [0.1, 0.15) is 38.8 Å². The smallest absolute Gasteiger partial charge is 0.0299 e. The highest BCUT2D eigenvalue weighted by Crippen LogP contribution is 2.12. The van der Waals surface area contributed by atoms with E-state index in [2.05, 4.69) is 49.1 Å². The van der Waals surface area contributed by atoms with Crippen molar-refractivity contribution in [1.29, 1.82) is 0 Å². The van der Waals surface area contributed by atoms with Gasteiger partial charge in [-0.25, -0.2) is 0 Å². The van der Waals surface area contributed by atoms with Crippen molar-refractivity contribution in [2.24, 2.45) is 0 Å². The molecule has 1 aromatic heterocycles. The van der Waals surface area contributed by atoms with E-state index >= 15 is 0 Å². The van der Waals surface area contributed by atoms with Gasteiger partial charge in [0.1, 0.15) is 0 Å². The molecule has 1 aromatic rings. The molecule has 0 spiro atoms. The molecular weight excluding hydrogens is 160 g/mol. The van der Waals surface area contributed by atoms with Gasteiger partial charge in [0.25, 0.3) is 0 Å². The van der Waals surface area contributed by atoms with Gasteiger partial charge < -0.3 is 9.88 Å². The molecule has 0 fully saturated rings. The zero-order valence-electron chi connectivity index (χ0n) is 8.88. The standard InChI is InChI=1S/C11H20N2/c1-4-10(3)13-7-6-11(9-13)8-12-5-2/h6-7,9-10,12H,4-5,8H2,1-3H3/t10-/m0/s1. The zero-order valence-corrected chi connectivity index (χ0v) is 8.88. The lowest BCUT2D eigenvalue weighted by atomic mass is 10.2. The van der Waals surface area contributed by atoms with Gasteiger partial charge >= 0.3 is 0 Å². The molecule has 0 unspecified atom stereocenters. The highest BCUT2D eigenvalue weighted by molar-refractivity contribution is 5.10. The Morgan fingerprint density at radius 3 is 2.85 bits per heavy atom. The molecule has 2 nitrogen and oxygen atoms in total. The van der Waals surface area contributed by atoms with Crippen molar-refractivity contribution >= 4 is 0 Å². The molecule has 74 valence electrons. The van der Waals surface area contributed by atoms with Gasteiger partial charge in [0, 0.05) is 25.0 Å². The van der Waals surface area contributed by atoms with E-state index < -0.39 is 0 Å². The molecule has 1 rings (SSSR count). The normalized spacial score (nSPS) is 13.2. The number of aromatic nitrogens is 1. The maximum atomic E-state index is 3.32. The van der Waals surface area contributed by atoms with Crippen LogP contribution in [0, 0.1) is 0 Å². The number of hydrogen-bond acceptors (Lipinski definition) is 1. The van der Waals surface area contributed by atoms with Crippen molar-refractivity contribution in [2.45, 2.75) is 39.8 Å². The van der Waals surface area contributed by atoms with Gasteiger partial charge in [-0.2, -0.15) is 0 Å². The van der Waals surface area contributed by atoms with Gasteiger partial charge in [0.15, 0.2) is 0 Å². The lowest BCUT2D eigenvalue weighted by Crippen LogP contribution is -2.11. The molecule has 1 atom stereocenters. The first-order valence-electron chi connectivity index (χ1n) is 5.15. The summed E-state index contributed by atoms with van der Waals surface area (Å²) in [5.74, 6) is 0. The van der Waals surface area contributed by atoms with E-state index in [-0.39, 0.29) is 0 Å². The Kier molecular flexibility index (Phi) is 4.03. The molecule has 0 aliphatic heterocycles. The van der Waals surface area contributed by atoms with Gasteiger partial charge in [-0.1, -0.05) is 13.8 Å². The fraction of sp³-hybridized carbons (Fsp3) is 0.636. The molecule has 2 heteroatoms. The van der Waals surface area contributed by atoms with E-state index in [9.17, 15) is 0 Å². The maximum absolute atomic E-state index is 3.32. The number of nitrogens with zero attached hydrogens (tertiary/aromatic N) is 1. The summed E-state index contributed by atoms with van der Waals surface area (Å²) >= 11 is 0. The fourth-order valence-electron chi connectivity index (χ4n) is 1.32. The van der Waals surface area contributed by atoms with E-state index in [0.717, 1.165) is 13.1 Å². The number of rotatable bonds is 5. The third-order valence-corrected chi connectivity index (χ3v) is 2.45. The average molecular weight is 180 g/mol. The first kappa shape index (κ1) is 10.3. The molecule has 13 heavy (non-hydrogen) atoms. The maximum Gasteiger partial charge on any atom is 0.0299 e. The van der Waals surface area contributed by atoms with E-state index in [1.54, 1.807) is 0 Å². The van der Waals surface area contributed by atoms with Crippen molar-refractivity contribution in [2.75, 3.05) is 6.54 Å². The monoisotopic (exact) mass is 180 g/mol. The minimum absolute atomic E-state index is 0.621.